The Morgan fingerprint density at radius 3 is 2.00 bits per heavy atom. The van der Waals surface area contributed by atoms with Crippen molar-refractivity contribution < 1.29 is 4.79 Å². The van der Waals surface area contributed by atoms with Gasteiger partial charge in [-0.05, 0) is 38.2 Å². The van der Waals surface area contributed by atoms with E-state index in [9.17, 15) is 4.79 Å². The van der Waals surface area contributed by atoms with Crippen LogP contribution in [0, 0.1) is 0 Å². The van der Waals surface area contributed by atoms with Crippen LogP contribution >= 0.6 is 0 Å². The molecule has 0 fully saturated rings. The van der Waals surface area contributed by atoms with Gasteiger partial charge in [0.2, 0.25) is 0 Å². The zero-order valence-corrected chi connectivity index (χ0v) is 16.0. The third-order valence-corrected chi connectivity index (χ3v) is 5.38. The molecule has 0 aliphatic carbocycles. The van der Waals surface area contributed by atoms with E-state index in [-0.39, 0.29) is 5.78 Å². The third kappa shape index (κ3) is 4.90. The second-order valence-electron chi connectivity index (χ2n) is 6.80. The Labute approximate surface area is 146 Å². The molecule has 0 radical (unpaired) electrons. The van der Waals surface area contributed by atoms with Crippen LogP contribution in [0.25, 0.3) is 0 Å². The minimum atomic E-state index is -1.70. The van der Waals surface area contributed by atoms with Crippen LogP contribution in [-0.2, 0) is 0 Å². The summed E-state index contributed by atoms with van der Waals surface area (Å²) in [6, 6.07) is 19.7. The van der Waals surface area contributed by atoms with Crippen molar-refractivity contribution in [3.05, 3.63) is 66.2 Å². The van der Waals surface area contributed by atoms with Gasteiger partial charge < -0.3 is 0 Å². The second kappa shape index (κ2) is 8.06. The minimum absolute atomic E-state index is 0.125. The fourth-order valence-corrected chi connectivity index (χ4v) is 3.81. The van der Waals surface area contributed by atoms with Crippen molar-refractivity contribution in [2.75, 3.05) is 4.67 Å². The zero-order valence-electron chi connectivity index (χ0n) is 15.0. The van der Waals surface area contributed by atoms with Gasteiger partial charge in [0.05, 0.1) is 6.42 Å². The molecule has 0 aromatic heterocycles. The number of anilines is 1. The molecule has 126 valence electrons. The van der Waals surface area contributed by atoms with Crippen molar-refractivity contribution >= 4 is 25.4 Å². The summed E-state index contributed by atoms with van der Waals surface area (Å²) in [5.74, 6) is 0.125. The third-order valence-electron chi connectivity index (χ3n) is 3.75. The number of hydrogen-bond donors (Lipinski definition) is 0. The average Bonchev–Trinajstić information content (AvgIpc) is 2.58. The van der Waals surface area contributed by atoms with E-state index >= 15 is 0 Å². The average molecular weight is 339 g/mol. The van der Waals surface area contributed by atoms with Crippen molar-refractivity contribution in [2.45, 2.75) is 39.4 Å². The normalized spacial score (nSPS) is 12.1. The SMILES string of the molecule is CC/C(CC(=O)c1ccccc1)=N\N(c1ccccc1)[Si](C)(C)C. The lowest BCUT2D eigenvalue weighted by atomic mass is 10.0. The number of hydrogen-bond acceptors (Lipinski definition) is 3. The predicted octanol–water partition coefficient (Wildman–Crippen LogP) is 5.37. The van der Waals surface area contributed by atoms with Crippen LogP contribution in [0.4, 0.5) is 5.69 Å². The highest BCUT2D eigenvalue weighted by Gasteiger charge is 2.25. The van der Waals surface area contributed by atoms with E-state index < -0.39 is 8.24 Å². The van der Waals surface area contributed by atoms with Crippen LogP contribution in [0.1, 0.15) is 30.1 Å². The van der Waals surface area contributed by atoms with Crippen molar-refractivity contribution in [1.82, 2.24) is 0 Å². The zero-order chi connectivity index (χ0) is 17.6. The summed E-state index contributed by atoms with van der Waals surface area (Å²) < 4.78 is 2.14. The molecular formula is C20H26N2OSi. The van der Waals surface area contributed by atoms with Crippen LogP contribution in [0.3, 0.4) is 0 Å². The van der Waals surface area contributed by atoms with Crippen molar-refractivity contribution in [3.63, 3.8) is 0 Å². The summed E-state index contributed by atoms with van der Waals surface area (Å²) in [7, 11) is -1.70. The molecule has 0 unspecified atom stereocenters. The molecule has 0 heterocycles. The number of hydrazone groups is 1. The van der Waals surface area contributed by atoms with E-state index in [1.165, 1.54) is 0 Å². The Bertz CT molecular complexity index is 691. The highest BCUT2D eigenvalue weighted by Crippen LogP contribution is 2.22. The van der Waals surface area contributed by atoms with E-state index in [2.05, 4.69) is 43.4 Å². The summed E-state index contributed by atoms with van der Waals surface area (Å²) in [6.45, 7) is 8.84. The highest BCUT2D eigenvalue weighted by molar-refractivity contribution is 6.79. The first-order valence-corrected chi connectivity index (χ1v) is 11.9. The van der Waals surface area contributed by atoms with Crippen LogP contribution < -0.4 is 4.67 Å². The van der Waals surface area contributed by atoms with Gasteiger partial charge in [-0.25, -0.2) is 0 Å². The van der Waals surface area contributed by atoms with Crippen molar-refractivity contribution in [2.24, 2.45) is 5.10 Å². The molecule has 3 nitrogen and oxygen atoms in total. The Balaban J connectivity index is 2.27. The quantitative estimate of drug-likeness (QED) is 0.294. The minimum Gasteiger partial charge on any atom is -0.295 e. The molecule has 0 bridgehead atoms. The molecule has 2 aromatic rings. The van der Waals surface area contributed by atoms with Crippen LogP contribution in [0.15, 0.2) is 65.8 Å². The standard InChI is InChI=1S/C20H26N2OSi/c1-5-18(16-20(23)17-12-8-6-9-13-17)21-22(24(2,3)4)19-14-10-7-11-15-19/h6-15H,5,16H2,1-4H3/b21-18+. The number of benzene rings is 2. The molecular weight excluding hydrogens is 312 g/mol. The van der Waals surface area contributed by atoms with Crippen molar-refractivity contribution in [3.8, 4) is 0 Å². The first-order valence-electron chi connectivity index (χ1n) is 8.41. The lowest BCUT2D eigenvalue weighted by molar-refractivity contribution is 0.1000. The number of Topliss-reactive ketones (excluding diaryl/α,β-unsaturated/α-hetero) is 1. The summed E-state index contributed by atoms with van der Waals surface area (Å²) in [5, 5.41) is 4.89. The second-order valence-corrected chi connectivity index (χ2v) is 11.6. The molecule has 4 heteroatoms. The van der Waals surface area contributed by atoms with Crippen molar-refractivity contribution in [1.29, 1.82) is 0 Å². The van der Waals surface area contributed by atoms with Gasteiger partial charge in [-0.2, -0.15) is 5.10 Å². The van der Waals surface area contributed by atoms with Crippen LogP contribution in [0.2, 0.25) is 19.6 Å². The van der Waals surface area contributed by atoms with E-state index in [0.717, 1.165) is 23.4 Å². The summed E-state index contributed by atoms with van der Waals surface area (Å²) in [4.78, 5) is 12.5. The van der Waals surface area contributed by atoms with Crippen LogP contribution in [-0.4, -0.2) is 19.7 Å². The van der Waals surface area contributed by atoms with E-state index in [0.29, 0.717) is 6.42 Å². The smallest absolute Gasteiger partial charge is 0.176 e. The number of rotatable bonds is 7. The fraction of sp³-hybridized carbons (Fsp3) is 0.300. The van der Waals surface area contributed by atoms with Crippen LogP contribution in [0.5, 0.6) is 0 Å². The van der Waals surface area contributed by atoms with Gasteiger partial charge in [0.1, 0.15) is 0 Å². The highest BCUT2D eigenvalue weighted by atomic mass is 28.3. The first-order chi connectivity index (χ1) is 11.4. The maximum absolute atomic E-state index is 12.5. The fourth-order valence-electron chi connectivity index (χ4n) is 2.45. The molecule has 24 heavy (non-hydrogen) atoms. The number of nitrogens with zero attached hydrogens (tertiary/aromatic N) is 2. The molecule has 0 aliphatic rings. The Morgan fingerprint density at radius 1 is 0.958 bits per heavy atom. The lowest BCUT2D eigenvalue weighted by Crippen LogP contribution is -2.43. The number of para-hydroxylation sites is 1. The molecule has 0 N–H and O–H groups in total. The Kier molecular flexibility index (Phi) is 6.09. The summed E-state index contributed by atoms with van der Waals surface area (Å²) >= 11 is 0. The van der Waals surface area contributed by atoms with Gasteiger partial charge in [-0.1, -0.05) is 55.5 Å². The molecule has 0 saturated carbocycles. The topological polar surface area (TPSA) is 32.7 Å². The summed E-state index contributed by atoms with van der Waals surface area (Å²) in [6.07, 6.45) is 1.14. The van der Waals surface area contributed by atoms with Gasteiger partial charge in [-0.3, -0.25) is 9.47 Å². The summed E-state index contributed by atoms with van der Waals surface area (Å²) in [5.41, 5.74) is 2.77. The molecule has 0 atom stereocenters. The maximum Gasteiger partial charge on any atom is 0.176 e. The van der Waals surface area contributed by atoms with Gasteiger partial charge >= 0.3 is 0 Å². The van der Waals surface area contributed by atoms with Gasteiger partial charge in [0.25, 0.3) is 0 Å². The lowest BCUT2D eigenvalue weighted by Gasteiger charge is -2.32. The number of carbonyl (C=O) groups is 1. The van der Waals surface area contributed by atoms with E-state index in [1.807, 2.05) is 48.5 Å². The molecule has 2 rings (SSSR count). The van der Waals surface area contributed by atoms with Gasteiger partial charge in [0, 0.05) is 17.0 Å². The predicted molar refractivity (Wildman–Crippen MR) is 105 cm³/mol. The largest absolute Gasteiger partial charge is 0.295 e. The molecule has 2 aromatic carbocycles. The van der Waals surface area contributed by atoms with Gasteiger partial charge in [-0.15, -0.1) is 0 Å². The monoisotopic (exact) mass is 338 g/mol. The van der Waals surface area contributed by atoms with E-state index in [1.54, 1.807) is 0 Å². The first kappa shape index (κ1) is 18.1. The number of carbonyl (C=O) groups excluding carboxylic acids is 1. The van der Waals surface area contributed by atoms with E-state index in [4.69, 9.17) is 5.10 Å². The Hall–Kier alpha value is -2.20. The van der Waals surface area contributed by atoms with Gasteiger partial charge in [0.15, 0.2) is 14.0 Å². The Morgan fingerprint density at radius 2 is 1.50 bits per heavy atom. The molecule has 0 spiro atoms. The maximum atomic E-state index is 12.5. The number of ketones is 1. The molecule has 0 amide bonds. The molecule has 0 saturated heterocycles. The molecule has 0 aliphatic heterocycles.